The van der Waals surface area contributed by atoms with Crippen LogP contribution >= 0.6 is 23.1 Å². The van der Waals surface area contributed by atoms with Crippen molar-refractivity contribution in [1.29, 1.82) is 0 Å². The van der Waals surface area contributed by atoms with Gasteiger partial charge >= 0.3 is 12.1 Å². The molecule has 16 nitrogen and oxygen atoms in total. The van der Waals surface area contributed by atoms with Crippen molar-refractivity contribution in [3.8, 4) is 17.1 Å². The molecule has 4 N–H and O–H groups in total. The van der Waals surface area contributed by atoms with Gasteiger partial charge in [-0.05, 0) is 49.1 Å². The molecule has 0 spiro atoms. The minimum atomic E-state index is -0.449. The van der Waals surface area contributed by atoms with Crippen molar-refractivity contribution in [3.63, 3.8) is 0 Å². The van der Waals surface area contributed by atoms with Crippen LogP contribution in [0.5, 0.6) is 5.75 Å². The Hall–Kier alpha value is -5.69. The molecule has 5 aromatic rings. The van der Waals surface area contributed by atoms with Gasteiger partial charge in [0, 0.05) is 83.7 Å². The molecule has 0 bridgehead atoms. The van der Waals surface area contributed by atoms with Crippen molar-refractivity contribution in [2.45, 2.75) is 39.5 Å². The van der Waals surface area contributed by atoms with Crippen LogP contribution < -0.4 is 35.8 Å². The summed E-state index contributed by atoms with van der Waals surface area (Å²) >= 11 is 2.24. The maximum Gasteiger partial charge on any atom is 0.325 e. The van der Waals surface area contributed by atoms with Crippen LogP contribution in [0.4, 0.5) is 42.6 Å². The molecule has 4 amide bonds. The van der Waals surface area contributed by atoms with E-state index in [1.165, 1.54) is 6.33 Å². The molecule has 2 aromatic heterocycles. The lowest BCUT2D eigenvalue weighted by Gasteiger charge is -2.29. The number of carbonyl (C=O) groups is 3. The highest BCUT2D eigenvalue weighted by molar-refractivity contribution is 7.10. The maximum absolute atomic E-state index is 13.4. The van der Waals surface area contributed by atoms with Crippen molar-refractivity contribution in [1.82, 2.24) is 18.7 Å². The summed E-state index contributed by atoms with van der Waals surface area (Å²) in [7, 11) is 0. The lowest BCUT2D eigenvalue weighted by Crippen LogP contribution is -2.36. The van der Waals surface area contributed by atoms with Crippen LogP contribution in [-0.4, -0.2) is 95.8 Å². The summed E-state index contributed by atoms with van der Waals surface area (Å²) in [4.78, 5) is 51.2. The van der Waals surface area contributed by atoms with Gasteiger partial charge in [0.25, 0.3) is 0 Å². The molecule has 18 heteroatoms. The Morgan fingerprint density at radius 3 is 2.02 bits per heavy atom. The van der Waals surface area contributed by atoms with E-state index in [0.717, 1.165) is 91.9 Å². The first-order valence-electron chi connectivity index (χ1n) is 20.2. The number of nitrogens with one attached hydrogen (secondary N) is 4. The van der Waals surface area contributed by atoms with E-state index in [0.29, 0.717) is 77.7 Å². The first-order chi connectivity index (χ1) is 29.3. The molecule has 2 aliphatic heterocycles. The van der Waals surface area contributed by atoms with E-state index >= 15 is 0 Å². The molecule has 3 aromatic carbocycles. The summed E-state index contributed by atoms with van der Waals surface area (Å²) < 4.78 is 25.0. The Balaban J connectivity index is 0.000000189. The molecular formula is C42H50N10O6S2. The molecule has 8 rings (SSSR count). The topological polar surface area (TPSA) is 185 Å². The SMILES string of the molecule is CC(C)COc1cc(N2CCOCC2)ccc1NC(=O)Nc1ncns1.O=C(Nc1nc(-c2ccccc2)ns1)Nc1ccc(N2CCOCC2)cc1C(=O)C1CCCC1. The zero-order chi connectivity index (χ0) is 41.7. The number of rotatable bonds is 12. The van der Waals surface area contributed by atoms with Crippen molar-refractivity contribution >= 4 is 73.9 Å². The Labute approximate surface area is 357 Å². The van der Waals surface area contributed by atoms with E-state index in [1.54, 1.807) is 0 Å². The normalized spacial score (nSPS) is 15.5. The van der Waals surface area contributed by atoms with Crippen LogP contribution in [0.1, 0.15) is 49.9 Å². The first kappa shape index (κ1) is 42.4. The van der Waals surface area contributed by atoms with Gasteiger partial charge in [-0.25, -0.2) is 14.6 Å². The summed E-state index contributed by atoms with van der Waals surface area (Å²) in [6.07, 6.45) is 5.35. The summed E-state index contributed by atoms with van der Waals surface area (Å²) in [5, 5.41) is 11.9. The molecule has 60 heavy (non-hydrogen) atoms. The summed E-state index contributed by atoms with van der Waals surface area (Å²) in [5.41, 5.74) is 4.61. The van der Waals surface area contributed by atoms with Gasteiger partial charge < -0.3 is 34.6 Å². The van der Waals surface area contributed by atoms with Gasteiger partial charge in [-0.3, -0.25) is 15.4 Å². The first-order valence-corrected chi connectivity index (χ1v) is 21.8. The van der Waals surface area contributed by atoms with E-state index in [4.69, 9.17) is 14.2 Å². The number of amides is 4. The minimum absolute atomic E-state index is 0.0140. The highest BCUT2D eigenvalue weighted by Crippen LogP contribution is 2.34. The Bertz CT molecular complexity index is 2170. The zero-order valence-corrected chi connectivity index (χ0v) is 35.4. The second-order valence-corrected chi connectivity index (χ2v) is 16.4. The fraction of sp³-hybridized carbons (Fsp3) is 0.405. The third-order valence-corrected chi connectivity index (χ3v) is 11.3. The number of morpholine rings is 2. The summed E-state index contributed by atoms with van der Waals surface area (Å²) in [5.74, 6) is 1.71. The standard InChI is InChI=1S/C25H27N5O3S.C17H23N5O3S/c31-22(17-6-4-5-7-17)20-16-19(30-12-14-33-15-13-30)10-11-21(20)26-24(32)28-25-27-23(29-34-25)18-8-2-1-3-9-18;1-12(2)10-25-15-9-13(22-5-7-24-8-6-22)3-4-14(15)20-16(23)21-17-18-11-19-26-17/h1-3,8-11,16-17H,4-7,12-15H2,(H2,26,27,28,29,32);3-4,9,11-12H,5-8,10H2,1-2H3,(H2,18,19,20,21,23). The molecule has 1 aliphatic carbocycles. The number of hydrogen-bond donors (Lipinski definition) is 4. The number of benzene rings is 3. The maximum atomic E-state index is 13.4. The lowest BCUT2D eigenvalue weighted by atomic mass is 9.94. The van der Waals surface area contributed by atoms with E-state index < -0.39 is 6.03 Å². The Kier molecular flexibility index (Phi) is 14.9. The quantitative estimate of drug-likeness (QED) is 0.0886. The van der Waals surface area contributed by atoms with Gasteiger partial charge in [0.15, 0.2) is 11.6 Å². The number of ketones is 1. The predicted molar refractivity (Wildman–Crippen MR) is 236 cm³/mol. The number of urea groups is 2. The van der Waals surface area contributed by atoms with Crippen LogP contribution in [-0.2, 0) is 9.47 Å². The Morgan fingerprint density at radius 1 is 0.767 bits per heavy atom. The van der Waals surface area contributed by atoms with Crippen LogP contribution in [0.15, 0.2) is 73.1 Å². The molecule has 3 fully saturated rings. The van der Waals surface area contributed by atoms with Crippen molar-refractivity contribution < 1.29 is 28.6 Å². The van der Waals surface area contributed by atoms with Crippen molar-refractivity contribution in [2.75, 3.05) is 90.3 Å². The highest BCUT2D eigenvalue weighted by atomic mass is 32.1. The molecule has 0 unspecified atom stereocenters. The number of nitrogens with zero attached hydrogens (tertiary/aromatic N) is 6. The van der Waals surface area contributed by atoms with E-state index in [-0.39, 0.29) is 17.7 Å². The fourth-order valence-corrected chi connectivity index (χ4v) is 8.00. The van der Waals surface area contributed by atoms with Crippen LogP contribution in [0.3, 0.4) is 0 Å². The van der Waals surface area contributed by atoms with Crippen LogP contribution in [0, 0.1) is 11.8 Å². The second kappa shape index (κ2) is 21.0. The van der Waals surface area contributed by atoms with E-state index in [2.05, 4.69) is 63.6 Å². The van der Waals surface area contributed by atoms with Gasteiger partial charge in [0.2, 0.25) is 10.3 Å². The van der Waals surface area contributed by atoms with E-state index in [1.807, 2.05) is 66.7 Å². The minimum Gasteiger partial charge on any atom is -0.491 e. The number of anilines is 6. The second-order valence-electron chi connectivity index (χ2n) is 14.9. The van der Waals surface area contributed by atoms with Crippen molar-refractivity contribution in [3.05, 3.63) is 78.6 Å². The number of aromatic nitrogens is 4. The highest BCUT2D eigenvalue weighted by Gasteiger charge is 2.27. The predicted octanol–water partition coefficient (Wildman–Crippen LogP) is 8.11. The summed E-state index contributed by atoms with van der Waals surface area (Å²) in [6.45, 7) is 10.8. The lowest BCUT2D eigenvalue weighted by molar-refractivity contribution is 0.0923. The average molecular weight is 855 g/mol. The third kappa shape index (κ3) is 11.7. The molecular weight excluding hydrogens is 805 g/mol. The molecule has 0 radical (unpaired) electrons. The zero-order valence-electron chi connectivity index (χ0n) is 33.7. The average Bonchev–Trinajstić information content (AvgIpc) is 4.10. The van der Waals surface area contributed by atoms with Crippen molar-refractivity contribution in [2.24, 2.45) is 11.8 Å². The number of ether oxygens (including phenoxy) is 3. The van der Waals surface area contributed by atoms with Gasteiger partial charge in [-0.1, -0.05) is 57.0 Å². The fourth-order valence-electron chi connectivity index (χ4n) is 6.99. The molecule has 1 saturated carbocycles. The Morgan fingerprint density at radius 2 is 1.38 bits per heavy atom. The molecule has 2 saturated heterocycles. The molecule has 3 aliphatic rings. The van der Waals surface area contributed by atoms with Gasteiger partial charge in [-0.2, -0.15) is 13.7 Å². The van der Waals surface area contributed by atoms with E-state index in [9.17, 15) is 14.4 Å². The molecule has 4 heterocycles. The largest absolute Gasteiger partial charge is 0.491 e. The van der Waals surface area contributed by atoms with Crippen LogP contribution in [0.25, 0.3) is 11.4 Å². The van der Waals surface area contributed by atoms with Crippen LogP contribution in [0.2, 0.25) is 0 Å². The molecule has 0 atom stereocenters. The number of Topliss-reactive ketones (excluding diaryl/α,β-unsaturated/α-hetero) is 1. The summed E-state index contributed by atoms with van der Waals surface area (Å²) in [6, 6.07) is 20.3. The van der Waals surface area contributed by atoms with Gasteiger partial charge in [0.05, 0.1) is 44.4 Å². The third-order valence-electron chi connectivity index (χ3n) is 10.0. The number of carbonyl (C=O) groups excluding carboxylic acids is 3. The smallest absolute Gasteiger partial charge is 0.325 e. The number of hydrogen-bond acceptors (Lipinski definition) is 14. The monoisotopic (exact) mass is 854 g/mol. The van der Waals surface area contributed by atoms with Gasteiger partial charge in [-0.15, -0.1) is 0 Å². The molecule has 316 valence electrons. The van der Waals surface area contributed by atoms with Gasteiger partial charge in [0.1, 0.15) is 12.1 Å².